The van der Waals surface area contributed by atoms with Crippen LogP contribution >= 0.6 is 0 Å². The molecule has 0 radical (unpaired) electrons. The number of nitrogens with zero attached hydrogens (tertiary/aromatic N) is 6. The van der Waals surface area contributed by atoms with Crippen LogP contribution in [-0.2, 0) is 19.4 Å². The van der Waals surface area contributed by atoms with Gasteiger partial charge in [0.15, 0.2) is 0 Å². The number of fused-ring (bicyclic) bond motifs is 1. The van der Waals surface area contributed by atoms with Crippen molar-refractivity contribution in [2.45, 2.75) is 32.7 Å². The molecule has 2 aromatic rings. The molecule has 1 N–H and O–H groups in total. The zero-order chi connectivity index (χ0) is 18.8. The third kappa shape index (κ3) is 3.49. The third-order valence-electron chi connectivity index (χ3n) is 4.51. The molecule has 0 saturated carbocycles. The van der Waals surface area contributed by atoms with E-state index in [2.05, 4.69) is 27.1 Å². The van der Waals surface area contributed by atoms with Gasteiger partial charge in [-0.2, -0.15) is 10.1 Å². The first-order valence-electron chi connectivity index (χ1n) is 8.98. The number of anilines is 2. The Morgan fingerprint density at radius 3 is 2.65 bits per heavy atom. The van der Waals surface area contributed by atoms with Gasteiger partial charge in [0.2, 0.25) is 5.95 Å². The van der Waals surface area contributed by atoms with Crippen LogP contribution in [0.5, 0.6) is 0 Å². The fraction of sp³-hybridized carbons (Fsp3) is 0.556. The van der Waals surface area contributed by atoms with Crippen molar-refractivity contribution in [2.24, 2.45) is 0 Å². The number of rotatable bonds is 5. The Morgan fingerprint density at radius 2 is 2.00 bits per heavy atom. The van der Waals surface area contributed by atoms with E-state index in [1.54, 1.807) is 0 Å². The maximum Gasteiger partial charge on any atom is 0.274 e. The maximum absolute atomic E-state index is 12.8. The molecule has 8 nitrogen and oxygen atoms in total. The van der Waals surface area contributed by atoms with Crippen LogP contribution in [0, 0.1) is 0 Å². The zero-order valence-corrected chi connectivity index (χ0v) is 16.2. The van der Waals surface area contributed by atoms with E-state index in [4.69, 9.17) is 0 Å². The molecule has 3 rings (SSSR count). The van der Waals surface area contributed by atoms with Gasteiger partial charge in [-0.25, -0.2) is 4.98 Å². The highest BCUT2D eigenvalue weighted by Crippen LogP contribution is 2.28. The van der Waals surface area contributed by atoms with Crippen molar-refractivity contribution in [2.75, 3.05) is 44.5 Å². The largest absolute Gasteiger partial charge is 0.362 e. The molecular formula is C18H27N7O. The molecule has 1 aliphatic rings. The van der Waals surface area contributed by atoms with Crippen molar-refractivity contribution in [1.29, 1.82) is 0 Å². The number of amides is 1. The molecule has 0 aliphatic carbocycles. The second-order valence-electron chi connectivity index (χ2n) is 7.07. The minimum atomic E-state index is -0.0503. The molecule has 1 amide bonds. The van der Waals surface area contributed by atoms with Crippen molar-refractivity contribution in [3.05, 3.63) is 28.7 Å². The Hall–Kier alpha value is -2.64. The van der Waals surface area contributed by atoms with Gasteiger partial charge in [-0.3, -0.25) is 9.89 Å². The summed E-state index contributed by atoms with van der Waals surface area (Å²) < 4.78 is 0. The molecular weight excluding hydrogens is 330 g/mol. The maximum atomic E-state index is 12.8. The molecule has 3 heterocycles. The van der Waals surface area contributed by atoms with Gasteiger partial charge in [0.05, 0.1) is 12.2 Å². The van der Waals surface area contributed by atoms with Gasteiger partial charge in [-0.1, -0.05) is 13.3 Å². The fourth-order valence-electron chi connectivity index (χ4n) is 3.17. The number of carbonyl (C=O) groups excluding carboxylic acids is 1. The molecule has 26 heavy (non-hydrogen) atoms. The van der Waals surface area contributed by atoms with E-state index in [9.17, 15) is 4.79 Å². The topological polar surface area (TPSA) is 81.2 Å². The second-order valence-corrected chi connectivity index (χ2v) is 7.07. The van der Waals surface area contributed by atoms with Gasteiger partial charge in [0, 0.05) is 46.0 Å². The monoisotopic (exact) mass is 357 g/mol. The van der Waals surface area contributed by atoms with E-state index in [0.29, 0.717) is 24.7 Å². The molecule has 8 heteroatoms. The Kier molecular flexibility index (Phi) is 5.11. The fourth-order valence-corrected chi connectivity index (χ4v) is 3.17. The van der Waals surface area contributed by atoms with Crippen LogP contribution in [0.2, 0.25) is 0 Å². The van der Waals surface area contributed by atoms with Gasteiger partial charge in [0.1, 0.15) is 11.5 Å². The molecule has 0 atom stereocenters. The summed E-state index contributed by atoms with van der Waals surface area (Å²) in [4.78, 5) is 27.9. The first kappa shape index (κ1) is 18.2. The quantitative estimate of drug-likeness (QED) is 0.873. The van der Waals surface area contributed by atoms with E-state index in [1.165, 1.54) is 0 Å². The summed E-state index contributed by atoms with van der Waals surface area (Å²) in [6, 6.07) is 1.86. The highest BCUT2D eigenvalue weighted by Gasteiger charge is 2.28. The molecule has 0 bridgehead atoms. The summed E-state index contributed by atoms with van der Waals surface area (Å²) in [5, 5.41) is 7.15. The smallest absolute Gasteiger partial charge is 0.274 e. The molecule has 140 valence electrons. The first-order chi connectivity index (χ1) is 12.4. The van der Waals surface area contributed by atoms with Gasteiger partial charge in [-0.05, 0) is 18.9 Å². The van der Waals surface area contributed by atoms with Gasteiger partial charge in [-0.15, -0.1) is 0 Å². The van der Waals surface area contributed by atoms with E-state index < -0.39 is 0 Å². The van der Waals surface area contributed by atoms with Crippen molar-refractivity contribution >= 4 is 17.7 Å². The lowest BCUT2D eigenvalue weighted by Crippen LogP contribution is -2.38. The van der Waals surface area contributed by atoms with Crippen LogP contribution in [0.1, 0.15) is 40.8 Å². The summed E-state index contributed by atoms with van der Waals surface area (Å²) >= 11 is 0. The van der Waals surface area contributed by atoms with Crippen LogP contribution in [0.15, 0.2) is 6.07 Å². The van der Waals surface area contributed by atoms with E-state index in [1.807, 2.05) is 49.0 Å². The normalized spacial score (nSPS) is 13.5. The number of hydrogen-bond donors (Lipinski definition) is 1. The van der Waals surface area contributed by atoms with Crippen molar-refractivity contribution in [3.8, 4) is 0 Å². The number of hydrogen-bond acceptors (Lipinski definition) is 6. The molecule has 1 aliphatic heterocycles. The zero-order valence-electron chi connectivity index (χ0n) is 16.2. The third-order valence-corrected chi connectivity index (χ3v) is 4.51. The first-order valence-corrected chi connectivity index (χ1v) is 8.98. The van der Waals surface area contributed by atoms with Gasteiger partial charge in [0.25, 0.3) is 5.91 Å². The molecule has 2 aromatic heterocycles. The average molecular weight is 357 g/mol. The van der Waals surface area contributed by atoms with Gasteiger partial charge >= 0.3 is 0 Å². The SMILES string of the molecule is CCCc1cc(C(=O)N2CCc3c(nc(N(C)C)nc3N(C)C)C2)n[nH]1. The molecule has 0 aromatic carbocycles. The van der Waals surface area contributed by atoms with Crippen LogP contribution < -0.4 is 9.80 Å². The molecule has 0 spiro atoms. The Labute approximate surface area is 154 Å². The Bertz CT molecular complexity index is 797. The number of carbonyl (C=O) groups is 1. The summed E-state index contributed by atoms with van der Waals surface area (Å²) in [5.41, 5.74) is 3.52. The number of aromatic nitrogens is 4. The predicted molar refractivity (Wildman–Crippen MR) is 102 cm³/mol. The Morgan fingerprint density at radius 1 is 1.23 bits per heavy atom. The number of nitrogens with one attached hydrogen (secondary N) is 1. The van der Waals surface area contributed by atoms with Crippen LogP contribution in [0.4, 0.5) is 11.8 Å². The lowest BCUT2D eigenvalue weighted by molar-refractivity contribution is 0.0726. The highest BCUT2D eigenvalue weighted by molar-refractivity contribution is 5.92. The van der Waals surface area contributed by atoms with Crippen LogP contribution in [0.25, 0.3) is 0 Å². The lowest BCUT2D eigenvalue weighted by atomic mass is 10.0. The molecule has 0 fully saturated rings. The van der Waals surface area contributed by atoms with Crippen molar-refractivity contribution in [3.63, 3.8) is 0 Å². The minimum absolute atomic E-state index is 0.0503. The standard InChI is InChI=1S/C18H27N7O/c1-6-7-12-10-14(22-21-12)17(26)25-9-8-13-15(11-25)19-18(24(4)5)20-16(13)23(2)3/h10H,6-9,11H2,1-5H3,(H,21,22). The summed E-state index contributed by atoms with van der Waals surface area (Å²) in [7, 11) is 7.81. The second kappa shape index (κ2) is 7.31. The minimum Gasteiger partial charge on any atom is -0.362 e. The van der Waals surface area contributed by atoms with Crippen molar-refractivity contribution < 1.29 is 4.79 Å². The summed E-state index contributed by atoms with van der Waals surface area (Å²) in [5.74, 6) is 1.54. The summed E-state index contributed by atoms with van der Waals surface area (Å²) in [6.07, 6.45) is 2.66. The molecule has 0 unspecified atom stereocenters. The predicted octanol–water partition coefficient (Wildman–Crippen LogP) is 1.48. The number of H-pyrrole nitrogens is 1. The van der Waals surface area contributed by atoms with E-state index >= 15 is 0 Å². The average Bonchev–Trinajstić information content (AvgIpc) is 3.08. The summed E-state index contributed by atoms with van der Waals surface area (Å²) in [6.45, 7) is 3.23. The van der Waals surface area contributed by atoms with E-state index in [0.717, 1.165) is 42.0 Å². The van der Waals surface area contributed by atoms with Crippen LogP contribution in [-0.4, -0.2) is 65.7 Å². The van der Waals surface area contributed by atoms with Crippen LogP contribution in [0.3, 0.4) is 0 Å². The molecule has 0 saturated heterocycles. The Balaban J connectivity index is 1.87. The number of aromatic amines is 1. The number of aryl methyl sites for hydroxylation is 1. The highest BCUT2D eigenvalue weighted by atomic mass is 16.2. The van der Waals surface area contributed by atoms with Crippen molar-refractivity contribution in [1.82, 2.24) is 25.1 Å². The van der Waals surface area contributed by atoms with Gasteiger partial charge < -0.3 is 14.7 Å². The van der Waals surface area contributed by atoms with E-state index in [-0.39, 0.29) is 5.91 Å². The lowest BCUT2D eigenvalue weighted by Gasteiger charge is -2.30.